The van der Waals surface area contributed by atoms with Gasteiger partial charge in [0.1, 0.15) is 0 Å². The normalized spacial score (nSPS) is 10.8. The Kier molecular flexibility index (Phi) is 7.41. The first-order valence-electron chi connectivity index (χ1n) is 7.07. The van der Waals surface area contributed by atoms with E-state index in [9.17, 15) is 4.79 Å². The molecule has 0 spiro atoms. The van der Waals surface area contributed by atoms with Gasteiger partial charge in [-0.1, -0.05) is 25.4 Å². The van der Waals surface area contributed by atoms with Crippen LogP contribution in [0.3, 0.4) is 0 Å². The maximum absolute atomic E-state index is 11.1. The van der Waals surface area contributed by atoms with E-state index in [0.29, 0.717) is 10.7 Å². The van der Waals surface area contributed by atoms with Crippen molar-refractivity contribution in [1.29, 1.82) is 0 Å². The molecular formula is C15H23ClN2O2. The third-order valence-corrected chi connectivity index (χ3v) is 3.56. The van der Waals surface area contributed by atoms with E-state index >= 15 is 0 Å². The zero-order valence-electron chi connectivity index (χ0n) is 12.2. The molecule has 0 saturated carbocycles. The van der Waals surface area contributed by atoms with Crippen LogP contribution in [-0.4, -0.2) is 42.2 Å². The van der Waals surface area contributed by atoms with Crippen LogP contribution in [0.15, 0.2) is 18.2 Å². The van der Waals surface area contributed by atoms with Crippen LogP contribution < -0.4 is 5.32 Å². The number of aromatic carboxylic acids is 1. The van der Waals surface area contributed by atoms with Crippen LogP contribution in [0.2, 0.25) is 5.02 Å². The minimum Gasteiger partial charge on any atom is -0.478 e. The highest BCUT2D eigenvalue weighted by Gasteiger charge is 2.09. The highest BCUT2D eigenvalue weighted by Crippen LogP contribution is 2.21. The standard InChI is InChI=1S/C15H23ClN2O2/c1-3-18(4-2)10-6-5-9-17-14-11-12(16)7-8-13(14)15(19)20/h7-8,11,17H,3-6,9-10H2,1-2H3,(H,19,20). The predicted molar refractivity (Wildman–Crippen MR) is 83.9 cm³/mol. The van der Waals surface area contributed by atoms with Crippen molar-refractivity contribution >= 4 is 23.3 Å². The van der Waals surface area contributed by atoms with Crippen LogP contribution >= 0.6 is 11.6 Å². The Hall–Kier alpha value is -1.26. The molecule has 0 aliphatic heterocycles. The van der Waals surface area contributed by atoms with E-state index in [1.54, 1.807) is 12.1 Å². The topological polar surface area (TPSA) is 52.6 Å². The molecule has 0 unspecified atom stereocenters. The summed E-state index contributed by atoms with van der Waals surface area (Å²) in [5.41, 5.74) is 0.853. The predicted octanol–water partition coefficient (Wildman–Crippen LogP) is 3.57. The van der Waals surface area contributed by atoms with E-state index in [-0.39, 0.29) is 5.56 Å². The number of rotatable bonds is 9. The third-order valence-electron chi connectivity index (χ3n) is 3.32. The molecule has 20 heavy (non-hydrogen) atoms. The molecule has 0 aliphatic rings. The molecule has 0 fully saturated rings. The summed E-state index contributed by atoms with van der Waals surface area (Å²) in [6.07, 6.45) is 2.10. The zero-order valence-corrected chi connectivity index (χ0v) is 12.9. The van der Waals surface area contributed by atoms with Gasteiger partial charge in [0.15, 0.2) is 0 Å². The van der Waals surface area contributed by atoms with Crippen LogP contribution in [0.25, 0.3) is 0 Å². The van der Waals surface area contributed by atoms with Gasteiger partial charge >= 0.3 is 5.97 Å². The number of anilines is 1. The molecule has 0 atom stereocenters. The zero-order chi connectivity index (χ0) is 15.0. The van der Waals surface area contributed by atoms with Gasteiger partial charge in [-0.25, -0.2) is 4.79 Å². The molecule has 0 heterocycles. The first kappa shape index (κ1) is 16.8. The van der Waals surface area contributed by atoms with Gasteiger partial charge in [0.2, 0.25) is 0 Å². The molecule has 4 nitrogen and oxygen atoms in total. The van der Waals surface area contributed by atoms with Crippen molar-refractivity contribution in [3.05, 3.63) is 28.8 Å². The van der Waals surface area contributed by atoms with Crippen LogP contribution in [0, 0.1) is 0 Å². The van der Waals surface area contributed by atoms with E-state index in [1.807, 2.05) is 0 Å². The lowest BCUT2D eigenvalue weighted by Crippen LogP contribution is -2.24. The molecule has 0 radical (unpaired) electrons. The summed E-state index contributed by atoms with van der Waals surface area (Å²) < 4.78 is 0. The number of nitrogens with one attached hydrogen (secondary N) is 1. The average molecular weight is 299 g/mol. The molecule has 0 bridgehead atoms. The maximum Gasteiger partial charge on any atom is 0.337 e. The SMILES string of the molecule is CCN(CC)CCCCNc1cc(Cl)ccc1C(=O)O. The largest absolute Gasteiger partial charge is 0.478 e. The van der Waals surface area contributed by atoms with Crippen molar-refractivity contribution < 1.29 is 9.90 Å². The number of halogens is 1. The van der Waals surface area contributed by atoms with E-state index in [4.69, 9.17) is 16.7 Å². The number of carboxylic acids is 1. The van der Waals surface area contributed by atoms with Crippen LogP contribution in [-0.2, 0) is 0 Å². The molecule has 1 aromatic rings. The van der Waals surface area contributed by atoms with Gasteiger partial charge in [-0.2, -0.15) is 0 Å². The molecule has 1 rings (SSSR count). The van der Waals surface area contributed by atoms with E-state index < -0.39 is 5.97 Å². The van der Waals surface area contributed by atoms with E-state index in [2.05, 4.69) is 24.1 Å². The highest BCUT2D eigenvalue weighted by molar-refractivity contribution is 6.31. The van der Waals surface area contributed by atoms with Gasteiger partial charge in [0, 0.05) is 11.6 Å². The molecule has 0 aliphatic carbocycles. The van der Waals surface area contributed by atoms with Crippen LogP contribution in [0.1, 0.15) is 37.0 Å². The Labute approximate surface area is 125 Å². The summed E-state index contributed by atoms with van der Waals surface area (Å²) >= 11 is 5.90. The smallest absolute Gasteiger partial charge is 0.337 e. The van der Waals surface area contributed by atoms with Crippen molar-refractivity contribution in [2.75, 3.05) is 31.5 Å². The minimum absolute atomic E-state index is 0.262. The lowest BCUT2D eigenvalue weighted by molar-refractivity contribution is 0.0698. The highest BCUT2D eigenvalue weighted by atomic mass is 35.5. The quantitative estimate of drug-likeness (QED) is 0.684. The van der Waals surface area contributed by atoms with Gasteiger partial charge in [-0.3, -0.25) is 0 Å². The van der Waals surface area contributed by atoms with Crippen LogP contribution in [0.5, 0.6) is 0 Å². The Bertz CT molecular complexity index is 434. The first-order valence-corrected chi connectivity index (χ1v) is 7.45. The fourth-order valence-corrected chi connectivity index (χ4v) is 2.24. The molecule has 2 N–H and O–H groups in total. The number of nitrogens with zero attached hydrogens (tertiary/aromatic N) is 1. The Morgan fingerprint density at radius 3 is 2.60 bits per heavy atom. The number of carbonyl (C=O) groups is 1. The van der Waals surface area contributed by atoms with Gasteiger partial charge in [-0.15, -0.1) is 0 Å². The third kappa shape index (κ3) is 5.39. The Balaban J connectivity index is 2.42. The minimum atomic E-state index is -0.938. The number of benzene rings is 1. The molecule has 1 aromatic carbocycles. The van der Waals surface area contributed by atoms with Gasteiger partial charge in [0.05, 0.1) is 11.3 Å². The molecule has 0 aromatic heterocycles. The van der Waals surface area contributed by atoms with Gasteiger partial charge in [-0.05, 0) is 50.7 Å². The number of hydrogen-bond acceptors (Lipinski definition) is 3. The van der Waals surface area contributed by atoms with Crippen molar-refractivity contribution in [2.24, 2.45) is 0 Å². The molecule has 0 saturated heterocycles. The summed E-state index contributed by atoms with van der Waals surface area (Å²) in [6, 6.07) is 4.79. The second kappa shape index (κ2) is 8.82. The number of hydrogen-bond donors (Lipinski definition) is 2. The lowest BCUT2D eigenvalue weighted by atomic mass is 10.1. The fraction of sp³-hybridized carbons (Fsp3) is 0.533. The van der Waals surface area contributed by atoms with E-state index in [1.165, 1.54) is 6.07 Å². The first-order chi connectivity index (χ1) is 9.58. The van der Waals surface area contributed by atoms with Crippen molar-refractivity contribution in [3.63, 3.8) is 0 Å². The van der Waals surface area contributed by atoms with Crippen molar-refractivity contribution in [1.82, 2.24) is 4.90 Å². The summed E-state index contributed by atoms with van der Waals surface area (Å²) in [7, 11) is 0. The number of unbranched alkanes of at least 4 members (excludes halogenated alkanes) is 1. The summed E-state index contributed by atoms with van der Waals surface area (Å²) in [4.78, 5) is 13.5. The van der Waals surface area contributed by atoms with Gasteiger partial charge in [0.25, 0.3) is 0 Å². The molecule has 5 heteroatoms. The van der Waals surface area contributed by atoms with E-state index in [0.717, 1.165) is 39.0 Å². The molecular weight excluding hydrogens is 276 g/mol. The molecule has 112 valence electrons. The summed E-state index contributed by atoms with van der Waals surface area (Å²) in [5, 5.41) is 12.8. The Morgan fingerprint density at radius 2 is 2.00 bits per heavy atom. The maximum atomic E-state index is 11.1. The Morgan fingerprint density at radius 1 is 1.30 bits per heavy atom. The average Bonchev–Trinajstić information content (AvgIpc) is 2.42. The second-order valence-electron chi connectivity index (χ2n) is 4.66. The summed E-state index contributed by atoms with van der Waals surface area (Å²) in [5.74, 6) is -0.938. The van der Waals surface area contributed by atoms with Crippen molar-refractivity contribution in [3.8, 4) is 0 Å². The second-order valence-corrected chi connectivity index (χ2v) is 5.09. The van der Waals surface area contributed by atoms with Crippen LogP contribution in [0.4, 0.5) is 5.69 Å². The van der Waals surface area contributed by atoms with Crippen molar-refractivity contribution in [2.45, 2.75) is 26.7 Å². The monoisotopic (exact) mass is 298 g/mol. The summed E-state index contributed by atoms with van der Waals surface area (Å²) in [6.45, 7) is 8.29. The molecule has 0 amide bonds. The van der Waals surface area contributed by atoms with Gasteiger partial charge < -0.3 is 15.3 Å². The number of carboxylic acid groups (broad SMARTS) is 1. The fourth-order valence-electron chi connectivity index (χ4n) is 2.07. The lowest BCUT2D eigenvalue weighted by Gasteiger charge is -2.17.